The molecule has 0 atom stereocenters. The van der Waals surface area contributed by atoms with Gasteiger partial charge in [0, 0.05) is 32.2 Å². The van der Waals surface area contributed by atoms with Crippen LogP contribution in [0.2, 0.25) is 0 Å². The maximum Gasteiger partial charge on any atom is 0.292 e. The highest BCUT2D eigenvalue weighted by Crippen LogP contribution is 2.28. The van der Waals surface area contributed by atoms with Gasteiger partial charge in [0.2, 0.25) is 0 Å². The molecule has 2 aromatic rings. The summed E-state index contributed by atoms with van der Waals surface area (Å²) < 4.78 is 27.5. The first-order valence-corrected chi connectivity index (χ1v) is 7.70. The molecule has 25 heavy (non-hydrogen) atoms. The Morgan fingerprint density at radius 2 is 1.56 bits per heavy atom. The number of carbonyl (C=O) groups is 1. The van der Waals surface area contributed by atoms with E-state index in [1.54, 1.807) is 23.1 Å². The van der Waals surface area contributed by atoms with Gasteiger partial charge in [-0.2, -0.15) is 0 Å². The topological polar surface area (TPSA) is 66.7 Å². The fourth-order valence-corrected chi connectivity index (χ4v) is 2.90. The Bertz CT molecular complexity index is 800. The van der Waals surface area contributed by atoms with E-state index in [2.05, 4.69) is 0 Å². The molecule has 6 nitrogen and oxygen atoms in total. The largest absolute Gasteiger partial charge is 0.362 e. The highest BCUT2D eigenvalue weighted by molar-refractivity contribution is 5.95. The molecule has 0 spiro atoms. The molecule has 1 amide bonds. The van der Waals surface area contributed by atoms with Crippen molar-refractivity contribution in [3.05, 3.63) is 69.8 Å². The molecule has 0 radical (unpaired) electrons. The van der Waals surface area contributed by atoms with Crippen LogP contribution in [0.4, 0.5) is 20.2 Å². The minimum absolute atomic E-state index is 0.0116. The molecule has 1 saturated heterocycles. The van der Waals surface area contributed by atoms with Crippen LogP contribution < -0.4 is 4.90 Å². The second-order valence-electron chi connectivity index (χ2n) is 5.62. The first-order chi connectivity index (χ1) is 12.0. The molecule has 0 aromatic heterocycles. The van der Waals surface area contributed by atoms with Crippen molar-refractivity contribution < 1.29 is 18.5 Å². The van der Waals surface area contributed by atoms with E-state index in [0.717, 1.165) is 12.1 Å². The Morgan fingerprint density at radius 1 is 0.960 bits per heavy atom. The molecule has 1 fully saturated rings. The molecule has 2 aromatic carbocycles. The average molecular weight is 347 g/mol. The fourth-order valence-electron chi connectivity index (χ4n) is 2.90. The van der Waals surface area contributed by atoms with Gasteiger partial charge in [-0.05, 0) is 18.2 Å². The maximum absolute atomic E-state index is 13.8. The number of piperazine rings is 1. The minimum atomic E-state index is -0.897. The zero-order valence-corrected chi connectivity index (χ0v) is 13.2. The smallest absolute Gasteiger partial charge is 0.292 e. The summed E-state index contributed by atoms with van der Waals surface area (Å²) in [6.07, 6.45) is 0. The predicted octanol–water partition coefficient (Wildman–Crippen LogP) is 2.84. The summed E-state index contributed by atoms with van der Waals surface area (Å²) in [7, 11) is 0. The Labute approximate surface area is 142 Å². The van der Waals surface area contributed by atoms with E-state index in [4.69, 9.17) is 0 Å². The van der Waals surface area contributed by atoms with Crippen LogP contribution >= 0.6 is 0 Å². The average Bonchev–Trinajstić information content (AvgIpc) is 2.61. The van der Waals surface area contributed by atoms with Gasteiger partial charge >= 0.3 is 0 Å². The molecule has 1 aliphatic rings. The van der Waals surface area contributed by atoms with Crippen molar-refractivity contribution in [2.24, 2.45) is 0 Å². The van der Waals surface area contributed by atoms with Crippen molar-refractivity contribution in [2.75, 3.05) is 31.1 Å². The number of para-hydroxylation sites is 2. The van der Waals surface area contributed by atoms with Crippen molar-refractivity contribution in [3.63, 3.8) is 0 Å². The molecule has 0 saturated carbocycles. The monoisotopic (exact) mass is 347 g/mol. The number of rotatable bonds is 3. The third-order valence-corrected chi connectivity index (χ3v) is 4.16. The summed E-state index contributed by atoms with van der Waals surface area (Å²) >= 11 is 0. The van der Waals surface area contributed by atoms with Gasteiger partial charge in [-0.25, -0.2) is 8.78 Å². The summed E-state index contributed by atoms with van der Waals surface area (Å²) in [5.41, 5.74) is -0.110. The summed E-state index contributed by atoms with van der Waals surface area (Å²) in [6.45, 7) is 1.12. The van der Waals surface area contributed by atoms with E-state index in [0.29, 0.717) is 18.8 Å². The Kier molecular flexibility index (Phi) is 4.60. The van der Waals surface area contributed by atoms with E-state index in [-0.39, 0.29) is 18.8 Å². The van der Waals surface area contributed by atoms with Gasteiger partial charge in [-0.1, -0.05) is 18.2 Å². The number of anilines is 1. The van der Waals surface area contributed by atoms with Crippen LogP contribution in [0.1, 0.15) is 10.4 Å². The zero-order valence-electron chi connectivity index (χ0n) is 13.2. The molecule has 1 heterocycles. The quantitative estimate of drug-likeness (QED) is 0.633. The number of hydrogen-bond donors (Lipinski definition) is 0. The van der Waals surface area contributed by atoms with Crippen molar-refractivity contribution in [2.45, 2.75) is 0 Å². The predicted molar refractivity (Wildman–Crippen MR) is 87.6 cm³/mol. The fraction of sp³-hybridized carbons (Fsp3) is 0.235. The van der Waals surface area contributed by atoms with Crippen LogP contribution in [0, 0.1) is 21.7 Å². The number of amides is 1. The summed E-state index contributed by atoms with van der Waals surface area (Å²) in [5.74, 6) is -2.50. The number of benzene rings is 2. The van der Waals surface area contributed by atoms with Crippen LogP contribution in [-0.4, -0.2) is 41.9 Å². The molecule has 130 valence electrons. The van der Waals surface area contributed by atoms with Crippen molar-refractivity contribution in [1.29, 1.82) is 0 Å². The van der Waals surface area contributed by atoms with Crippen LogP contribution in [0.25, 0.3) is 0 Å². The lowest BCUT2D eigenvalue weighted by Gasteiger charge is -2.35. The number of nitro groups is 1. The minimum Gasteiger partial charge on any atom is -0.362 e. The van der Waals surface area contributed by atoms with Crippen molar-refractivity contribution >= 4 is 17.3 Å². The van der Waals surface area contributed by atoms with Crippen molar-refractivity contribution in [3.8, 4) is 0 Å². The summed E-state index contributed by atoms with van der Waals surface area (Å²) in [5, 5.41) is 11.1. The Balaban J connectivity index is 1.74. The lowest BCUT2D eigenvalue weighted by molar-refractivity contribution is -0.384. The lowest BCUT2D eigenvalue weighted by atomic mass is 10.1. The lowest BCUT2D eigenvalue weighted by Crippen LogP contribution is -2.49. The van der Waals surface area contributed by atoms with Crippen LogP contribution in [0.3, 0.4) is 0 Å². The highest BCUT2D eigenvalue weighted by atomic mass is 19.1. The molecule has 0 aliphatic carbocycles. The van der Waals surface area contributed by atoms with Crippen LogP contribution in [0.15, 0.2) is 42.5 Å². The van der Waals surface area contributed by atoms with Gasteiger partial charge in [0.25, 0.3) is 11.6 Å². The third-order valence-electron chi connectivity index (χ3n) is 4.16. The standard InChI is InChI=1S/C17H15F2N3O3/c18-12-4-3-5-13(19)16(12)17(23)21-10-8-20(9-11-21)14-6-1-2-7-15(14)22(24)25/h1-7H,8-11H2. The number of carbonyl (C=O) groups excluding carboxylic acids is 1. The van der Waals surface area contributed by atoms with Gasteiger partial charge in [-0.15, -0.1) is 0 Å². The van der Waals surface area contributed by atoms with E-state index in [1.807, 2.05) is 0 Å². The summed E-state index contributed by atoms with van der Waals surface area (Å²) in [6, 6.07) is 9.64. The molecule has 0 unspecified atom stereocenters. The second kappa shape index (κ2) is 6.84. The number of nitro benzene ring substituents is 1. The molecule has 0 N–H and O–H groups in total. The van der Waals surface area contributed by atoms with Gasteiger partial charge < -0.3 is 9.80 Å². The molecular weight excluding hydrogens is 332 g/mol. The second-order valence-corrected chi connectivity index (χ2v) is 5.62. The van der Waals surface area contributed by atoms with E-state index in [1.165, 1.54) is 17.0 Å². The molecule has 3 rings (SSSR count). The van der Waals surface area contributed by atoms with Gasteiger partial charge in [-0.3, -0.25) is 14.9 Å². The molecule has 0 bridgehead atoms. The SMILES string of the molecule is O=C(c1c(F)cccc1F)N1CCN(c2ccccc2[N+](=O)[O-])CC1. The summed E-state index contributed by atoms with van der Waals surface area (Å²) in [4.78, 5) is 26.2. The van der Waals surface area contributed by atoms with Gasteiger partial charge in [0.15, 0.2) is 0 Å². The number of hydrogen-bond acceptors (Lipinski definition) is 4. The Morgan fingerprint density at radius 3 is 2.16 bits per heavy atom. The maximum atomic E-state index is 13.8. The van der Waals surface area contributed by atoms with E-state index < -0.39 is 28.0 Å². The third kappa shape index (κ3) is 3.28. The first-order valence-electron chi connectivity index (χ1n) is 7.70. The van der Waals surface area contributed by atoms with E-state index in [9.17, 15) is 23.7 Å². The van der Waals surface area contributed by atoms with E-state index >= 15 is 0 Å². The molecular formula is C17H15F2N3O3. The van der Waals surface area contributed by atoms with Gasteiger partial charge in [0.1, 0.15) is 22.9 Å². The van der Waals surface area contributed by atoms with Gasteiger partial charge in [0.05, 0.1) is 4.92 Å². The molecule has 1 aliphatic heterocycles. The number of halogens is 2. The van der Waals surface area contributed by atoms with Crippen molar-refractivity contribution in [1.82, 2.24) is 4.90 Å². The zero-order chi connectivity index (χ0) is 18.0. The normalized spacial score (nSPS) is 14.5. The number of nitrogens with zero attached hydrogens (tertiary/aromatic N) is 3. The first kappa shape index (κ1) is 16.8. The molecule has 8 heteroatoms. The van der Waals surface area contributed by atoms with Crippen LogP contribution in [-0.2, 0) is 0 Å². The highest BCUT2D eigenvalue weighted by Gasteiger charge is 2.28. The van der Waals surface area contributed by atoms with Crippen LogP contribution in [0.5, 0.6) is 0 Å². The Hall–Kier alpha value is -3.03.